The second-order valence-electron chi connectivity index (χ2n) is 5.53. The summed E-state index contributed by atoms with van der Waals surface area (Å²) in [5, 5.41) is 12.1. The minimum atomic E-state index is -0.360. The van der Waals surface area contributed by atoms with Gasteiger partial charge in [0.15, 0.2) is 0 Å². The van der Waals surface area contributed by atoms with Crippen molar-refractivity contribution >= 4 is 11.6 Å². The summed E-state index contributed by atoms with van der Waals surface area (Å²) in [5.41, 5.74) is 0.481. The average molecular weight is 294 g/mol. The standard InChI is InChI=1S/C16H23FN2O2/c17-13-5-4-6-14(11-13)18-16(21)8-10-19-9-3-1-2-7-15(19)12-20/h4-6,11,15,20H,1-3,7-10,12H2,(H,18,21)/t15-/m0/s1. The van der Waals surface area contributed by atoms with Crippen LogP contribution in [0.15, 0.2) is 24.3 Å². The van der Waals surface area contributed by atoms with Crippen LogP contribution in [0, 0.1) is 5.82 Å². The van der Waals surface area contributed by atoms with Crippen molar-refractivity contribution in [1.82, 2.24) is 4.90 Å². The number of aliphatic hydroxyl groups is 1. The third kappa shape index (κ3) is 5.10. The van der Waals surface area contributed by atoms with Crippen LogP contribution in [0.5, 0.6) is 0 Å². The lowest BCUT2D eigenvalue weighted by molar-refractivity contribution is -0.116. The van der Waals surface area contributed by atoms with E-state index in [2.05, 4.69) is 10.2 Å². The number of rotatable bonds is 5. The zero-order chi connectivity index (χ0) is 15.1. The normalized spacial score (nSPS) is 20.0. The van der Waals surface area contributed by atoms with Crippen LogP contribution < -0.4 is 5.32 Å². The van der Waals surface area contributed by atoms with E-state index in [9.17, 15) is 14.3 Å². The third-order valence-corrected chi connectivity index (χ3v) is 3.94. The molecule has 4 nitrogen and oxygen atoms in total. The molecule has 1 atom stereocenters. The van der Waals surface area contributed by atoms with Gasteiger partial charge in [-0.2, -0.15) is 0 Å². The van der Waals surface area contributed by atoms with E-state index < -0.39 is 0 Å². The number of hydrogen-bond donors (Lipinski definition) is 2. The third-order valence-electron chi connectivity index (χ3n) is 3.94. The fourth-order valence-electron chi connectivity index (χ4n) is 2.77. The van der Waals surface area contributed by atoms with Crippen molar-refractivity contribution in [2.45, 2.75) is 38.1 Å². The minimum absolute atomic E-state index is 0.124. The Balaban J connectivity index is 1.82. The van der Waals surface area contributed by atoms with Crippen molar-refractivity contribution in [2.24, 2.45) is 0 Å². The Morgan fingerprint density at radius 2 is 2.24 bits per heavy atom. The van der Waals surface area contributed by atoms with Crippen LogP contribution in [-0.4, -0.2) is 41.7 Å². The largest absolute Gasteiger partial charge is 0.395 e. The molecule has 0 saturated carbocycles. The number of hydrogen-bond acceptors (Lipinski definition) is 3. The van der Waals surface area contributed by atoms with Gasteiger partial charge in [-0.25, -0.2) is 4.39 Å². The van der Waals surface area contributed by atoms with Crippen LogP contribution in [0.25, 0.3) is 0 Å². The Labute approximate surface area is 125 Å². The van der Waals surface area contributed by atoms with E-state index in [-0.39, 0.29) is 24.4 Å². The number of anilines is 1. The van der Waals surface area contributed by atoms with Gasteiger partial charge < -0.3 is 10.4 Å². The molecule has 116 valence electrons. The molecule has 0 aliphatic carbocycles. The minimum Gasteiger partial charge on any atom is -0.395 e. The van der Waals surface area contributed by atoms with Crippen molar-refractivity contribution in [3.05, 3.63) is 30.1 Å². The van der Waals surface area contributed by atoms with Crippen molar-refractivity contribution < 1.29 is 14.3 Å². The van der Waals surface area contributed by atoms with Gasteiger partial charge in [0, 0.05) is 24.7 Å². The van der Waals surface area contributed by atoms with Crippen LogP contribution in [0.3, 0.4) is 0 Å². The summed E-state index contributed by atoms with van der Waals surface area (Å²) in [7, 11) is 0. The molecule has 2 N–H and O–H groups in total. The number of amides is 1. The number of nitrogens with one attached hydrogen (secondary N) is 1. The van der Waals surface area contributed by atoms with Crippen molar-refractivity contribution in [3.63, 3.8) is 0 Å². The van der Waals surface area contributed by atoms with E-state index in [4.69, 9.17) is 0 Å². The average Bonchev–Trinajstić information content (AvgIpc) is 2.70. The maximum Gasteiger partial charge on any atom is 0.225 e. The molecule has 0 aromatic heterocycles. The number of carbonyl (C=O) groups is 1. The lowest BCUT2D eigenvalue weighted by Crippen LogP contribution is -2.39. The highest BCUT2D eigenvalue weighted by Gasteiger charge is 2.20. The predicted molar refractivity (Wildman–Crippen MR) is 80.6 cm³/mol. The molecule has 1 heterocycles. The molecule has 1 aliphatic rings. The molecular weight excluding hydrogens is 271 g/mol. The van der Waals surface area contributed by atoms with E-state index in [1.807, 2.05) is 0 Å². The molecule has 1 aromatic rings. The quantitative estimate of drug-likeness (QED) is 0.876. The molecule has 1 aromatic carbocycles. The maximum atomic E-state index is 13.0. The highest BCUT2D eigenvalue weighted by atomic mass is 19.1. The first-order chi connectivity index (χ1) is 10.2. The summed E-state index contributed by atoms with van der Waals surface area (Å²) < 4.78 is 13.0. The van der Waals surface area contributed by atoms with Crippen LogP contribution >= 0.6 is 0 Å². The second kappa shape index (κ2) is 8.10. The molecule has 1 aliphatic heterocycles. The van der Waals surface area contributed by atoms with E-state index in [1.54, 1.807) is 12.1 Å². The summed E-state index contributed by atoms with van der Waals surface area (Å²) in [5.74, 6) is -0.484. The monoisotopic (exact) mass is 294 g/mol. The Morgan fingerprint density at radius 1 is 1.38 bits per heavy atom. The van der Waals surface area contributed by atoms with Crippen LogP contribution in [0.1, 0.15) is 32.1 Å². The summed E-state index contributed by atoms with van der Waals surface area (Å²) in [6.45, 7) is 1.70. The lowest BCUT2D eigenvalue weighted by Gasteiger charge is -2.28. The van der Waals surface area contributed by atoms with Crippen LogP contribution in [-0.2, 0) is 4.79 Å². The summed E-state index contributed by atoms with van der Waals surface area (Å²) in [4.78, 5) is 14.1. The SMILES string of the molecule is O=C(CCN1CCCCC[C@H]1CO)Nc1cccc(F)c1. The van der Waals surface area contributed by atoms with Gasteiger partial charge in [-0.05, 0) is 37.6 Å². The molecule has 1 fully saturated rings. The summed E-state index contributed by atoms with van der Waals surface area (Å²) >= 11 is 0. The number of carbonyl (C=O) groups excluding carboxylic acids is 1. The number of halogens is 1. The zero-order valence-electron chi connectivity index (χ0n) is 12.2. The highest BCUT2D eigenvalue weighted by molar-refractivity contribution is 5.90. The smallest absolute Gasteiger partial charge is 0.225 e. The van der Waals surface area contributed by atoms with Crippen LogP contribution in [0.4, 0.5) is 10.1 Å². The second-order valence-corrected chi connectivity index (χ2v) is 5.53. The van der Waals surface area contributed by atoms with E-state index in [0.717, 1.165) is 25.8 Å². The zero-order valence-corrected chi connectivity index (χ0v) is 12.2. The van der Waals surface area contributed by atoms with Gasteiger partial charge in [0.1, 0.15) is 5.82 Å². The highest BCUT2D eigenvalue weighted by Crippen LogP contribution is 2.17. The molecule has 1 saturated heterocycles. The number of aliphatic hydroxyl groups excluding tert-OH is 1. The van der Waals surface area contributed by atoms with Crippen LogP contribution in [0.2, 0.25) is 0 Å². The van der Waals surface area contributed by atoms with Gasteiger partial charge in [0.05, 0.1) is 6.61 Å². The number of benzene rings is 1. The Bertz CT molecular complexity index is 467. The molecule has 0 unspecified atom stereocenters. The van der Waals surface area contributed by atoms with Gasteiger partial charge in [-0.15, -0.1) is 0 Å². The number of nitrogens with zero attached hydrogens (tertiary/aromatic N) is 1. The molecule has 2 rings (SSSR count). The molecule has 5 heteroatoms. The Hall–Kier alpha value is -1.46. The fraction of sp³-hybridized carbons (Fsp3) is 0.562. The fourth-order valence-corrected chi connectivity index (χ4v) is 2.77. The summed E-state index contributed by atoms with van der Waals surface area (Å²) in [6, 6.07) is 6.05. The van der Waals surface area contributed by atoms with Gasteiger partial charge in [0.2, 0.25) is 5.91 Å². The topological polar surface area (TPSA) is 52.6 Å². The van der Waals surface area contributed by atoms with Crippen molar-refractivity contribution in [3.8, 4) is 0 Å². The van der Waals surface area contributed by atoms with E-state index >= 15 is 0 Å². The first kappa shape index (κ1) is 15.9. The predicted octanol–water partition coefficient (Wildman–Crippen LogP) is 2.39. The van der Waals surface area contributed by atoms with Crippen molar-refractivity contribution in [1.29, 1.82) is 0 Å². The van der Waals surface area contributed by atoms with Gasteiger partial charge >= 0.3 is 0 Å². The van der Waals surface area contributed by atoms with E-state index in [1.165, 1.54) is 18.6 Å². The lowest BCUT2D eigenvalue weighted by atomic mass is 10.1. The van der Waals surface area contributed by atoms with Gasteiger partial charge in [0.25, 0.3) is 0 Å². The first-order valence-corrected chi connectivity index (χ1v) is 7.59. The molecule has 0 radical (unpaired) electrons. The van der Waals surface area contributed by atoms with Gasteiger partial charge in [-0.1, -0.05) is 18.9 Å². The Morgan fingerprint density at radius 3 is 3.00 bits per heavy atom. The first-order valence-electron chi connectivity index (χ1n) is 7.59. The molecule has 0 spiro atoms. The maximum absolute atomic E-state index is 13.0. The summed E-state index contributed by atoms with van der Waals surface area (Å²) in [6.07, 6.45) is 4.77. The van der Waals surface area contributed by atoms with Gasteiger partial charge in [-0.3, -0.25) is 9.69 Å². The van der Waals surface area contributed by atoms with Crippen molar-refractivity contribution in [2.75, 3.05) is 25.0 Å². The number of likely N-dealkylation sites (tertiary alicyclic amines) is 1. The molecule has 1 amide bonds. The molecular formula is C16H23FN2O2. The van der Waals surface area contributed by atoms with E-state index in [0.29, 0.717) is 18.7 Å². The Kier molecular flexibility index (Phi) is 6.14. The molecule has 21 heavy (non-hydrogen) atoms. The molecule has 0 bridgehead atoms.